The molecule has 1 fully saturated rings. The first-order chi connectivity index (χ1) is 12.7. The van der Waals surface area contributed by atoms with Gasteiger partial charge in [-0.2, -0.15) is 0 Å². The summed E-state index contributed by atoms with van der Waals surface area (Å²) in [5, 5.41) is 0. The van der Waals surface area contributed by atoms with Gasteiger partial charge in [0.1, 0.15) is 0 Å². The highest BCUT2D eigenvalue weighted by atomic mass is 16.1. The second-order valence-corrected chi connectivity index (χ2v) is 7.78. The number of benzene rings is 2. The van der Waals surface area contributed by atoms with Crippen molar-refractivity contribution in [2.24, 2.45) is 0 Å². The third-order valence-corrected chi connectivity index (χ3v) is 6.40. The number of nitrogens with zero attached hydrogens (tertiary/aromatic N) is 2. The Labute approximate surface area is 153 Å². The number of aromatic nitrogens is 2. The zero-order valence-electron chi connectivity index (χ0n) is 15.2. The van der Waals surface area contributed by atoms with Crippen LogP contribution in [-0.4, -0.2) is 27.5 Å². The smallest absolute Gasteiger partial charge is 0.306 e. The van der Waals surface area contributed by atoms with E-state index < -0.39 is 0 Å². The quantitative estimate of drug-likeness (QED) is 0.762. The Morgan fingerprint density at radius 3 is 2.65 bits per heavy atom. The number of hydrogen-bond donors (Lipinski definition) is 1. The number of aromatic amines is 1. The van der Waals surface area contributed by atoms with Crippen LogP contribution in [0.25, 0.3) is 11.0 Å². The second-order valence-electron chi connectivity index (χ2n) is 7.78. The van der Waals surface area contributed by atoms with E-state index in [4.69, 9.17) is 0 Å². The van der Waals surface area contributed by atoms with Crippen molar-refractivity contribution in [3.63, 3.8) is 0 Å². The van der Waals surface area contributed by atoms with Crippen LogP contribution in [0.5, 0.6) is 0 Å². The molecule has 1 atom stereocenters. The Morgan fingerprint density at radius 2 is 1.81 bits per heavy atom. The fourth-order valence-electron chi connectivity index (χ4n) is 5.09. The Morgan fingerprint density at radius 1 is 1.00 bits per heavy atom. The molecule has 1 N–H and O–H groups in total. The number of H-pyrrole nitrogens is 1. The summed E-state index contributed by atoms with van der Waals surface area (Å²) in [5.41, 5.74) is 6.55. The van der Waals surface area contributed by atoms with Crippen LogP contribution in [0.4, 0.5) is 0 Å². The Bertz CT molecular complexity index is 1010. The molecule has 0 saturated carbocycles. The molecule has 4 nitrogen and oxygen atoms in total. The van der Waals surface area contributed by atoms with Gasteiger partial charge in [-0.1, -0.05) is 30.3 Å². The number of fused-ring (bicyclic) bond motifs is 2. The van der Waals surface area contributed by atoms with Crippen LogP contribution in [-0.2, 0) is 6.42 Å². The average molecular weight is 347 g/mol. The molecule has 0 spiro atoms. The molecule has 1 unspecified atom stereocenters. The Balaban J connectivity index is 1.37. The van der Waals surface area contributed by atoms with E-state index in [1.54, 1.807) is 5.56 Å². The van der Waals surface area contributed by atoms with E-state index in [1.807, 2.05) is 22.8 Å². The maximum Gasteiger partial charge on any atom is 0.326 e. The van der Waals surface area contributed by atoms with E-state index in [0.717, 1.165) is 37.0 Å². The van der Waals surface area contributed by atoms with Crippen LogP contribution < -0.4 is 5.69 Å². The van der Waals surface area contributed by atoms with Crippen molar-refractivity contribution in [1.82, 2.24) is 14.5 Å². The van der Waals surface area contributed by atoms with E-state index >= 15 is 0 Å². The van der Waals surface area contributed by atoms with E-state index in [0.29, 0.717) is 12.1 Å². The maximum atomic E-state index is 12.5. The van der Waals surface area contributed by atoms with E-state index in [2.05, 4.69) is 41.1 Å². The molecule has 0 bridgehead atoms. The molecule has 4 heteroatoms. The molecule has 26 heavy (non-hydrogen) atoms. The lowest BCUT2D eigenvalue weighted by molar-refractivity contribution is 0.134. The molecular weight excluding hydrogens is 322 g/mol. The molecule has 2 aromatic carbocycles. The van der Waals surface area contributed by atoms with Gasteiger partial charge in [0.25, 0.3) is 0 Å². The Hall–Kier alpha value is -2.33. The minimum absolute atomic E-state index is 0.0338. The van der Waals surface area contributed by atoms with Crippen LogP contribution in [0.2, 0.25) is 0 Å². The zero-order valence-corrected chi connectivity index (χ0v) is 15.2. The lowest BCUT2D eigenvalue weighted by Gasteiger charge is -2.36. The van der Waals surface area contributed by atoms with Crippen molar-refractivity contribution >= 4 is 11.0 Å². The van der Waals surface area contributed by atoms with Crippen LogP contribution in [0.3, 0.4) is 0 Å². The maximum absolute atomic E-state index is 12.5. The van der Waals surface area contributed by atoms with Gasteiger partial charge in [0.05, 0.1) is 11.0 Å². The van der Waals surface area contributed by atoms with Crippen molar-refractivity contribution < 1.29 is 0 Å². The summed E-state index contributed by atoms with van der Waals surface area (Å²) < 4.78 is 1.99. The summed E-state index contributed by atoms with van der Waals surface area (Å²) in [5.74, 6) is 0. The largest absolute Gasteiger partial charge is 0.326 e. The number of piperidine rings is 1. The summed E-state index contributed by atoms with van der Waals surface area (Å²) in [6.07, 6.45) is 4.52. The van der Waals surface area contributed by atoms with Crippen molar-refractivity contribution in [1.29, 1.82) is 0 Å². The zero-order chi connectivity index (χ0) is 17.7. The van der Waals surface area contributed by atoms with Gasteiger partial charge in [-0.15, -0.1) is 0 Å². The third-order valence-electron chi connectivity index (χ3n) is 6.40. The predicted octanol–water partition coefficient (Wildman–Crippen LogP) is 3.96. The van der Waals surface area contributed by atoms with Crippen LogP contribution in [0, 0.1) is 6.92 Å². The monoisotopic (exact) mass is 347 g/mol. The molecule has 5 rings (SSSR count). The molecule has 1 aliphatic heterocycles. The molecule has 2 heterocycles. The molecule has 134 valence electrons. The van der Waals surface area contributed by atoms with Crippen molar-refractivity contribution in [2.75, 3.05) is 13.1 Å². The molecule has 2 aliphatic rings. The normalized spacial score (nSPS) is 21.3. The Kier molecular flexibility index (Phi) is 3.75. The predicted molar refractivity (Wildman–Crippen MR) is 105 cm³/mol. The molecule has 1 aromatic heterocycles. The van der Waals surface area contributed by atoms with E-state index in [-0.39, 0.29) is 5.69 Å². The van der Waals surface area contributed by atoms with Gasteiger partial charge in [-0.25, -0.2) is 4.79 Å². The molecule has 0 radical (unpaired) electrons. The van der Waals surface area contributed by atoms with Crippen molar-refractivity contribution in [3.05, 3.63) is 69.6 Å². The number of nitrogens with one attached hydrogen (secondary N) is 1. The molecular formula is C22H25N3O. The van der Waals surface area contributed by atoms with Crippen LogP contribution >= 0.6 is 0 Å². The second kappa shape index (κ2) is 6.13. The molecule has 1 aliphatic carbocycles. The van der Waals surface area contributed by atoms with E-state index in [1.165, 1.54) is 24.0 Å². The van der Waals surface area contributed by atoms with Gasteiger partial charge < -0.3 is 4.98 Å². The van der Waals surface area contributed by atoms with E-state index in [9.17, 15) is 4.79 Å². The minimum atomic E-state index is 0.0338. The summed E-state index contributed by atoms with van der Waals surface area (Å²) >= 11 is 0. The van der Waals surface area contributed by atoms with Gasteiger partial charge in [-0.3, -0.25) is 9.47 Å². The van der Waals surface area contributed by atoms with Crippen molar-refractivity contribution in [2.45, 2.75) is 44.7 Å². The summed E-state index contributed by atoms with van der Waals surface area (Å²) in [7, 11) is 0. The standard InChI is InChI=1S/C22H25N3O/c1-15-5-4-6-18-17(15)9-10-20(18)24-13-11-16(12-14-24)25-21-8-3-2-7-19(21)23-22(25)26/h2-8,16,20H,9-14H2,1H3,(H,23,26). The average Bonchev–Trinajstić information content (AvgIpc) is 3.23. The van der Waals surface area contributed by atoms with Gasteiger partial charge in [0.2, 0.25) is 0 Å². The molecule has 1 saturated heterocycles. The van der Waals surface area contributed by atoms with Crippen LogP contribution in [0.1, 0.15) is 48.0 Å². The fraction of sp³-hybridized carbons (Fsp3) is 0.409. The van der Waals surface area contributed by atoms with Crippen molar-refractivity contribution in [3.8, 4) is 0 Å². The van der Waals surface area contributed by atoms with Gasteiger partial charge >= 0.3 is 5.69 Å². The molecule has 3 aromatic rings. The first-order valence-corrected chi connectivity index (χ1v) is 9.74. The summed E-state index contributed by atoms with van der Waals surface area (Å²) in [6.45, 7) is 4.36. The minimum Gasteiger partial charge on any atom is -0.306 e. The fourth-order valence-corrected chi connectivity index (χ4v) is 5.09. The lowest BCUT2D eigenvalue weighted by Crippen LogP contribution is -2.38. The lowest BCUT2D eigenvalue weighted by atomic mass is 9.99. The number of likely N-dealkylation sites (tertiary alicyclic amines) is 1. The van der Waals surface area contributed by atoms with Gasteiger partial charge in [0, 0.05) is 25.2 Å². The highest BCUT2D eigenvalue weighted by Gasteiger charge is 2.32. The summed E-state index contributed by atoms with van der Waals surface area (Å²) in [6, 6.07) is 15.6. The van der Waals surface area contributed by atoms with Gasteiger partial charge in [0.15, 0.2) is 0 Å². The SMILES string of the molecule is Cc1cccc2c1CCC2N1CCC(n2c(=O)[nH]c3ccccc32)CC1. The third kappa shape index (κ3) is 2.43. The first kappa shape index (κ1) is 15.9. The summed E-state index contributed by atoms with van der Waals surface area (Å²) in [4.78, 5) is 18.1. The van der Waals surface area contributed by atoms with Crippen LogP contribution in [0.15, 0.2) is 47.3 Å². The molecule has 0 amide bonds. The number of para-hydroxylation sites is 2. The topological polar surface area (TPSA) is 41.0 Å². The first-order valence-electron chi connectivity index (χ1n) is 9.74. The number of hydrogen-bond acceptors (Lipinski definition) is 2. The highest BCUT2D eigenvalue weighted by molar-refractivity contribution is 5.75. The van der Waals surface area contributed by atoms with Gasteiger partial charge in [-0.05, 0) is 61.4 Å². The number of imidazole rings is 1. The number of rotatable bonds is 2. The highest BCUT2D eigenvalue weighted by Crippen LogP contribution is 2.39. The number of aryl methyl sites for hydroxylation is 1.